The third kappa shape index (κ3) is 2.27. The summed E-state index contributed by atoms with van der Waals surface area (Å²) in [4.78, 5) is 3.25. The van der Waals surface area contributed by atoms with Crippen LogP contribution in [0.5, 0.6) is 0 Å². The molecule has 0 amide bonds. The van der Waals surface area contributed by atoms with E-state index in [1.807, 2.05) is 0 Å². The van der Waals surface area contributed by atoms with Crippen LogP contribution in [-0.2, 0) is 6.18 Å². The summed E-state index contributed by atoms with van der Waals surface area (Å²) >= 11 is 0. The van der Waals surface area contributed by atoms with Crippen molar-refractivity contribution < 1.29 is 22.0 Å². The summed E-state index contributed by atoms with van der Waals surface area (Å²) in [6, 6.07) is 1.51. The molecule has 16 heavy (non-hydrogen) atoms. The van der Waals surface area contributed by atoms with Crippen molar-refractivity contribution in [2.75, 3.05) is 0 Å². The molecule has 7 heteroatoms. The lowest BCUT2D eigenvalue weighted by Gasteiger charge is -2.11. The van der Waals surface area contributed by atoms with Gasteiger partial charge in [0.15, 0.2) is 0 Å². The number of alkyl halides is 5. The molecule has 1 aromatic heterocycles. The van der Waals surface area contributed by atoms with Gasteiger partial charge in [-0.15, -0.1) is 0 Å². The van der Waals surface area contributed by atoms with E-state index in [-0.39, 0.29) is 11.8 Å². The number of pyridine rings is 1. The van der Waals surface area contributed by atoms with Gasteiger partial charge in [0.2, 0.25) is 0 Å². The van der Waals surface area contributed by atoms with Gasteiger partial charge in [-0.05, 0) is 13.0 Å². The predicted octanol–water partition coefficient (Wildman–Crippen LogP) is 3.22. The summed E-state index contributed by atoms with van der Waals surface area (Å²) in [5.41, 5.74) is -3.44. The summed E-state index contributed by atoms with van der Waals surface area (Å²) in [6.45, 7) is 1.08. The highest BCUT2D eigenvalue weighted by atomic mass is 19.4. The Morgan fingerprint density at radius 3 is 2.31 bits per heavy atom. The number of nitriles is 1. The van der Waals surface area contributed by atoms with Crippen molar-refractivity contribution in [3.05, 3.63) is 28.6 Å². The lowest BCUT2D eigenvalue weighted by molar-refractivity contribution is -0.138. The predicted molar refractivity (Wildman–Crippen MR) is 43.6 cm³/mol. The van der Waals surface area contributed by atoms with Gasteiger partial charge in [0.25, 0.3) is 6.43 Å². The van der Waals surface area contributed by atoms with Crippen molar-refractivity contribution in [3.8, 4) is 6.07 Å². The molecule has 2 nitrogen and oxygen atoms in total. The van der Waals surface area contributed by atoms with Crippen LogP contribution in [0.15, 0.2) is 6.07 Å². The zero-order valence-electron chi connectivity index (χ0n) is 7.94. The molecule has 0 saturated heterocycles. The average molecular weight is 236 g/mol. The number of hydrogen-bond acceptors (Lipinski definition) is 2. The highest BCUT2D eigenvalue weighted by Crippen LogP contribution is 2.34. The molecular weight excluding hydrogens is 231 g/mol. The number of aryl methyl sites for hydroxylation is 1. The Kier molecular flexibility index (Phi) is 3.12. The molecule has 0 aliphatic rings. The molecule has 0 unspecified atom stereocenters. The number of hydrogen-bond donors (Lipinski definition) is 0. The maximum atomic E-state index is 12.4. The van der Waals surface area contributed by atoms with Gasteiger partial charge in [-0.3, -0.25) is 4.98 Å². The first-order chi connectivity index (χ1) is 7.27. The molecule has 0 aliphatic heterocycles. The first-order valence-electron chi connectivity index (χ1n) is 4.04. The van der Waals surface area contributed by atoms with E-state index in [0.29, 0.717) is 0 Å². The Morgan fingerprint density at radius 1 is 1.38 bits per heavy atom. The molecule has 1 heterocycles. The van der Waals surface area contributed by atoms with E-state index in [4.69, 9.17) is 5.26 Å². The lowest BCUT2D eigenvalue weighted by Crippen LogP contribution is -2.11. The minimum Gasteiger partial charge on any atom is -0.251 e. The molecule has 0 aromatic carbocycles. The summed E-state index contributed by atoms with van der Waals surface area (Å²) in [5.74, 6) is 0. The van der Waals surface area contributed by atoms with Crippen molar-refractivity contribution in [3.63, 3.8) is 0 Å². The summed E-state index contributed by atoms with van der Waals surface area (Å²) < 4.78 is 61.8. The molecule has 86 valence electrons. The topological polar surface area (TPSA) is 36.7 Å². The van der Waals surface area contributed by atoms with Crippen LogP contribution in [-0.4, -0.2) is 4.98 Å². The van der Waals surface area contributed by atoms with Gasteiger partial charge < -0.3 is 0 Å². The SMILES string of the molecule is Cc1nc(C(F)F)cc(C(F)(F)F)c1C#N. The van der Waals surface area contributed by atoms with E-state index in [2.05, 4.69) is 4.98 Å². The molecule has 0 spiro atoms. The van der Waals surface area contributed by atoms with Crippen LogP contribution in [0.3, 0.4) is 0 Å². The maximum Gasteiger partial charge on any atom is 0.417 e. The van der Waals surface area contributed by atoms with E-state index < -0.39 is 29.4 Å². The molecule has 0 bridgehead atoms. The second-order valence-corrected chi connectivity index (χ2v) is 2.97. The summed E-state index contributed by atoms with van der Waals surface area (Å²) in [6.07, 6.45) is -7.95. The Bertz CT molecular complexity index is 444. The fourth-order valence-electron chi connectivity index (χ4n) is 1.17. The van der Waals surface area contributed by atoms with E-state index >= 15 is 0 Å². The smallest absolute Gasteiger partial charge is 0.251 e. The van der Waals surface area contributed by atoms with Crippen molar-refractivity contribution in [2.45, 2.75) is 19.5 Å². The van der Waals surface area contributed by atoms with Gasteiger partial charge in [0.1, 0.15) is 11.8 Å². The standard InChI is InChI=1S/C9H5F5N2/c1-4-5(3-15)6(9(12,13)14)2-7(16-4)8(10)11/h2,8H,1H3. The van der Waals surface area contributed by atoms with Gasteiger partial charge in [-0.1, -0.05) is 0 Å². The van der Waals surface area contributed by atoms with Gasteiger partial charge in [0, 0.05) is 0 Å². The largest absolute Gasteiger partial charge is 0.417 e. The Labute approximate surface area is 87.3 Å². The van der Waals surface area contributed by atoms with Crippen molar-refractivity contribution in [2.24, 2.45) is 0 Å². The summed E-state index contributed by atoms with van der Waals surface area (Å²) in [7, 11) is 0. The first kappa shape index (κ1) is 12.4. The Morgan fingerprint density at radius 2 is 1.94 bits per heavy atom. The van der Waals surface area contributed by atoms with Crippen LogP contribution in [0.2, 0.25) is 0 Å². The highest BCUT2D eigenvalue weighted by molar-refractivity contribution is 5.43. The second kappa shape index (κ2) is 4.04. The van der Waals surface area contributed by atoms with E-state index in [9.17, 15) is 22.0 Å². The molecule has 0 atom stereocenters. The van der Waals surface area contributed by atoms with Crippen molar-refractivity contribution in [1.82, 2.24) is 4.98 Å². The third-order valence-electron chi connectivity index (χ3n) is 1.86. The van der Waals surface area contributed by atoms with E-state index in [1.54, 1.807) is 0 Å². The fraction of sp³-hybridized carbons (Fsp3) is 0.333. The summed E-state index contributed by atoms with van der Waals surface area (Å²) in [5, 5.41) is 8.51. The molecule has 0 fully saturated rings. The van der Waals surface area contributed by atoms with Gasteiger partial charge in [-0.2, -0.15) is 18.4 Å². The van der Waals surface area contributed by atoms with Gasteiger partial charge in [0.05, 0.1) is 16.8 Å². The van der Waals surface area contributed by atoms with Gasteiger partial charge in [-0.25, -0.2) is 8.78 Å². The molecule has 0 N–H and O–H groups in total. The van der Waals surface area contributed by atoms with Crippen LogP contribution >= 0.6 is 0 Å². The van der Waals surface area contributed by atoms with E-state index in [1.165, 1.54) is 6.07 Å². The third-order valence-corrected chi connectivity index (χ3v) is 1.86. The molecule has 1 rings (SSSR count). The Balaban J connectivity index is 3.51. The van der Waals surface area contributed by atoms with E-state index in [0.717, 1.165) is 6.92 Å². The second-order valence-electron chi connectivity index (χ2n) is 2.97. The Hall–Kier alpha value is -1.71. The van der Waals surface area contributed by atoms with Crippen LogP contribution in [0.1, 0.15) is 28.9 Å². The molecule has 1 aromatic rings. The molecule has 0 radical (unpaired) electrons. The molecule has 0 saturated carbocycles. The zero-order chi connectivity index (χ0) is 12.5. The lowest BCUT2D eigenvalue weighted by atomic mass is 10.1. The first-order valence-corrected chi connectivity index (χ1v) is 4.04. The van der Waals surface area contributed by atoms with Crippen LogP contribution in [0.4, 0.5) is 22.0 Å². The molecule has 0 aliphatic carbocycles. The number of rotatable bonds is 1. The fourth-order valence-corrected chi connectivity index (χ4v) is 1.17. The minimum atomic E-state index is -4.84. The minimum absolute atomic E-state index is 0.205. The monoisotopic (exact) mass is 236 g/mol. The maximum absolute atomic E-state index is 12.4. The van der Waals surface area contributed by atoms with Crippen LogP contribution in [0, 0.1) is 18.3 Å². The van der Waals surface area contributed by atoms with Gasteiger partial charge >= 0.3 is 6.18 Å². The quantitative estimate of drug-likeness (QED) is 0.702. The number of aromatic nitrogens is 1. The molecular formula is C9H5F5N2. The number of halogens is 5. The van der Waals surface area contributed by atoms with Crippen molar-refractivity contribution >= 4 is 0 Å². The van der Waals surface area contributed by atoms with Crippen LogP contribution < -0.4 is 0 Å². The average Bonchev–Trinajstić information content (AvgIpc) is 2.14. The van der Waals surface area contributed by atoms with Crippen molar-refractivity contribution in [1.29, 1.82) is 5.26 Å². The zero-order valence-corrected chi connectivity index (χ0v) is 7.94. The normalized spacial score (nSPS) is 11.6. The highest BCUT2D eigenvalue weighted by Gasteiger charge is 2.35. The number of nitrogens with zero attached hydrogens (tertiary/aromatic N) is 2. The van der Waals surface area contributed by atoms with Crippen LogP contribution in [0.25, 0.3) is 0 Å².